The van der Waals surface area contributed by atoms with Crippen LogP contribution >= 0.6 is 0 Å². The normalized spacial score (nSPS) is 11.5. The summed E-state index contributed by atoms with van der Waals surface area (Å²) < 4.78 is 9.49. The SMILES string of the molecule is CCCOC(=O)/C(C)=C(/OC(C)=O)C(C)=O. The van der Waals surface area contributed by atoms with Crippen LogP contribution in [0.3, 0.4) is 0 Å². The van der Waals surface area contributed by atoms with Crippen LogP contribution in [-0.2, 0) is 23.9 Å². The lowest BCUT2D eigenvalue weighted by atomic mass is 10.2. The van der Waals surface area contributed by atoms with E-state index in [1.54, 1.807) is 0 Å². The van der Waals surface area contributed by atoms with E-state index in [9.17, 15) is 14.4 Å². The molecular weight excluding hydrogens is 212 g/mol. The minimum absolute atomic E-state index is 0.0103. The quantitative estimate of drug-likeness (QED) is 0.403. The zero-order chi connectivity index (χ0) is 12.7. The van der Waals surface area contributed by atoms with Gasteiger partial charge in [0.2, 0.25) is 0 Å². The Balaban J connectivity index is 4.88. The number of ketones is 1. The molecule has 0 spiro atoms. The van der Waals surface area contributed by atoms with Gasteiger partial charge >= 0.3 is 11.9 Å². The van der Waals surface area contributed by atoms with Gasteiger partial charge in [-0.15, -0.1) is 0 Å². The van der Waals surface area contributed by atoms with Crippen LogP contribution < -0.4 is 0 Å². The van der Waals surface area contributed by atoms with Crippen molar-refractivity contribution >= 4 is 17.7 Å². The largest absolute Gasteiger partial charge is 0.462 e. The predicted molar refractivity (Wildman–Crippen MR) is 56.4 cm³/mol. The molecule has 0 heterocycles. The molecule has 0 N–H and O–H groups in total. The molecule has 0 fully saturated rings. The molecule has 90 valence electrons. The molecule has 0 unspecified atom stereocenters. The maximum absolute atomic E-state index is 11.4. The summed E-state index contributed by atoms with van der Waals surface area (Å²) in [4.78, 5) is 33.3. The van der Waals surface area contributed by atoms with Crippen LogP contribution in [0.25, 0.3) is 0 Å². The molecule has 0 bridgehead atoms. The van der Waals surface area contributed by atoms with Crippen LogP contribution in [0.15, 0.2) is 11.3 Å². The number of Topliss-reactive ketones (excluding diaryl/α,β-unsaturated/α-hetero) is 1. The van der Waals surface area contributed by atoms with Gasteiger partial charge in [0.25, 0.3) is 0 Å². The van der Waals surface area contributed by atoms with E-state index < -0.39 is 17.7 Å². The first-order valence-corrected chi connectivity index (χ1v) is 4.97. The summed E-state index contributed by atoms with van der Waals surface area (Å²) in [6, 6.07) is 0. The molecule has 0 aliphatic rings. The van der Waals surface area contributed by atoms with E-state index in [0.717, 1.165) is 6.92 Å². The number of rotatable bonds is 5. The van der Waals surface area contributed by atoms with E-state index in [2.05, 4.69) is 4.74 Å². The third kappa shape index (κ3) is 4.72. The molecule has 0 atom stereocenters. The summed E-state index contributed by atoms with van der Waals surface area (Å²) in [5.74, 6) is -2.03. The van der Waals surface area contributed by atoms with Gasteiger partial charge in [-0.3, -0.25) is 9.59 Å². The summed E-state index contributed by atoms with van der Waals surface area (Å²) in [7, 11) is 0. The number of esters is 2. The molecule has 0 aromatic rings. The van der Waals surface area contributed by atoms with Gasteiger partial charge in [0.05, 0.1) is 12.2 Å². The summed E-state index contributed by atoms with van der Waals surface area (Å²) >= 11 is 0. The van der Waals surface area contributed by atoms with Gasteiger partial charge in [-0.25, -0.2) is 4.79 Å². The summed E-state index contributed by atoms with van der Waals surface area (Å²) in [5, 5.41) is 0. The van der Waals surface area contributed by atoms with Crippen molar-refractivity contribution in [3.8, 4) is 0 Å². The Bertz CT molecular complexity index is 327. The Morgan fingerprint density at radius 2 is 1.62 bits per heavy atom. The molecule has 0 saturated carbocycles. The number of hydrogen-bond donors (Lipinski definition) is 0. The van der Waals surface area contributed by atoms with Gasteiger partial charge in [0, 0.05) is 13.8 Å². The van der Waals surface area contributed by atoms with Crippen molar-refractivity contribution in [1.29, 1.82) is 0 Å². The molecule has 0 aliphatic heterocycles. The van der Waals surface area contributed by atoms with Crippen molar-refractivity contribution in [1.82, 2.24) is 0 Å². The van der Waals surface area contributed by atoms with Crippen molar-refractivity contribution in [2.75, 3.05) is 6.61 Å². The molecule has 5 nitrogen and oxygen atoms in total. The van der Waals surface area contributed by atoms with Gasteiger partial charge < -0.3 is 9.47 Å². The summed E-state index contributed by atoms with van der Waals surface area (Å²) in [6.45, 7) is 5.88. The van der Waals surface area contributed by atoms with Crippen LogP contribution in [0.2, 0.25) is 0 Å². The average Bonchev–Trinajstić information content (AvgIpc) is 2.20. The first kappa shape index (κ1) is 14.3. The topological polar surface area (TPSA) is 69.7 Å². The zero-order valence-corrected chi connectivity index (χ0v) is 9.96. The van der Waals surface area contributed by atoms with Crippen LogP contribution in [-0.4, -0.2) is 24.3 Å². The Hall–Kier alpha value is -1.65. The van der Waals surface area contributed by atoms with Gasteiger partial charge in [0.15, 0.2) is 11.5 Å². The second kappa shape index (κ2) is 6.76. The first-order valence-electron chi connectivity index (χ1n) is 4.97. The molecular formula is C11H16O5. The number of ether oxygens (including phenoxy) is 2. The lowest BCUT2D eigenvalue weighted by molar-refractivity contribution is -0.142. The van der Waals surface area contributed by atoms with Crippen molar-refractivity contribution in [2.45, 2.75) is 34.1 Å². The third-order valence-corrected chi connectivity index (χ3v) is 1.65. The Labute approximate surface area is 94.4 Å². The van der Waals surface area contributed by atoms with E-state index in [4.69, 9.17) is 4.74 Å². The minimum atomic E-state index is -0.646. The highest BCUT2D eigenvalue weighted by molar-refractivity contribution is 6.02. The predicted octanol–water partition coefficient (Wildman–Crippen LogP) is 1.37. The van der Waals surface area contributed by atoms with E-state index in [-0.39, 0.29) is 17.9 Å². The second-order valence-corrected chi connectivity index (χ2v) is 3.24. The zero-order valence-electron chi connectivity index (χ0n) is 9.96. The molecule has 0 radical (unpaired) electrons. The highest BCUT2D eigenvalue weighted by Crippen LogP contribution is 2.10. The molecule has 0 aliphatic carbocycles. The summed E-state index contributed by atoms with van der Waals surface area (Å²) in [5.41, 5.74) is 0.0103. The molecule has 0 aromatic carbocycles. The molecule has 0 saturated heterocycles. The maximum atomic E-state index is 11.4. The van der Waals surface area contributed by atoms with Crippen molar-refractivity contribution < 1.29 is 23.9 Å². The fourth-order valence-electron chi connectivity index (χ4n) is 0.952. The Kier molecular flexibility index (Phi) is 6.07. The van der Waals surface area contributed by atoms with Gasteiger partial charge in [-0.1, -0.05) is 6.92 Å². The fourth-order valence-corrected chi connectivity index (χ4v) is 0.952. The summed E-state index contributed by atoms with van der Waals surface area (Å²) in [6.07, 6.45) is 0.683. The van der Waals surface area contributed by atoms with Crippen LogP contribution in [0.5, 0.6) is 0 Å². The highest BCUT2D eigenvalue weighted by Gasteiger charge is 2.18. The van der Waals surface area contributed by atoms with E-state index in [0.29, 0.717) is 6.42 Å². The number of allylic oxidation sites excluding steroid dienone is 1. The lowest BCUT2D eigenvalue weighted by Crippen LogP contribution is -2.15. The van der Waals surface area contributed by atoms with E-state index in [1.165, 1.54) is 13.8 Å². The lowest BCUT2D eigenvalue weighted by Gasteiger charge is -2.08. The first-order chi connectivity index (χ1) is 7.40. The maximum Gasteiger partial charge on any atom is 0.337 e. The number of carbonyl (C=O) groups excluding carboxylic acids is 3. The third-order valence-electron chi connectivity index (χ3n) is 1.65. The monoisotopic (exact) mass is 228 g/mol. The van der Waals surface area contributed by atoms with Crippen LogP contribution in [0, 0.1) is 0 Å². The number of hydrogen-bond acceptors (Lipinski definition) is 5. The van der Waals surface area contributed by atoms with Crippen LogP contribution in [0.1, 0.15) is 34.1 Å². The van der Waals surface area contributed by atoms with E-state index >= 15 is 0 Å². The van der Waals surface area contributed by atoms with E-state index in [1.807, 2.05) is 6.92 Å². The molecule has 16 heavy (non-hydrogen) atoms. The van der Waals surface area contributed by atoms with Crippen molar-refractivity contribution in [3.63, 3.8) is 0 Å². The van der Waals surface area contributed by atoms with Crippen molar-refractivity contribution in [2.24, 2.45) is 0 Å². The fraction of sp³-hybridized carbons (Fsp3) is 0.545. The van der Waals surface area contributed by atoms with Gasteiger partial charge in [0.1, 0.15) is 0 Å². The molecule has 0 amide bonds. The number of carbonyl (C=O) groups is 3. The highest BCUT2D eigenvalue weighted by atomic mass is 16.5. The molecule has 0 aromatic heterocycles. The Morgan fingerprint density at radius 3 is 2.00 bits per heavy atom. The van der Waals surface area contributed by atoms with Crippen LogP contribution in [0.4, 0.5) is 0 Å². The minimum Gasteiger partial charge on any atom is -0.462 e. The smallest absolute Gasteiger partial charge is 0.337 e. The molecule has 5 heteroatoms. The second-order valence-electron chi connectivity index (χ2n) is 3.24. The standard InChI is InChI=1S/C11H16O5/c1-5-6-15-11(14)7(2)10(8(3)12)16-9(4)13/h5-6H2,1-4H3/b10-7+. The Morgan fingerprint density at radius 1 is 1.06 bits per heavy atom. The van der Waals surface area contributed by atoms with Gasteiger partial charge in [-0.05, 0) is 13.3 Å². The molecule has 0 rings (SSSR count). The average molecular weight is 228 g/mol. The van der Waals surface area contributed by atoms with Crippen molar-refractivity contribution in [3.05, 3.63) is 11.3 Å². The van der Waals surface area contributed by atoms with Gasteiger partial charge in [-0.2, -0.15) is 0 Å².